The topological polar surface area (TPSA) is 26.2 Å². The molecule has 0 bridgehead atoms. The Bertz CT molecular complexity index is 519. The maximum absolute atomic E-state index is 6.21. The van der Waals surface area contributed by atoms with Crippen LogP contribution in [-0.4, -0.2) is 18.7 Å². The molecule has 1 aromatic heterocycles. The third-order valence-corrected chi connectivity index (χ3v) is 3.01. The predicted molar refractivity (Wildman–Crippen MR) is 67.2 cm³/mol. The van der Waals surface area contributed by atoms with Gasteiger partial charge in [0.2, 0.25) is 0 Å². The molecule has 0 aliphatic rings. The lowest BCUT2D eigenvalue weighted by Crippen LogP contribution is -2.04. The van der Waals surface area contributed by atoms with Crippen molar-refractivity contribution in [3.8, 4) is 5.75 Å². The Balaban J connectivity index is 2.78. The van der Waals surface area contributed by atoms with Gasteiger partial charge in [-0.15, -0.1) is 0 Å². The quantitative estimate of drug-likeness (QED) is 0.890. The van der Waals surface area contributed by atoms with Gasteiger partial charge in [-0.05, 0) is 24.7 Å². The van der Waals surface area contributed by atoms with Crippen molar-refractivity contribution in [3.63, 3.8) is 0 Å². The van der Waals surface area contributed by atoms with Crippen molar-refractivity contribution >= 4 is 22.5 Å². The van der Waals surface area contributed by atoms with Gasteiger partial charge in [0.05, 0.1) is 17.6 Å². The Morgan fingerprint density at radius 2 is 2.19 bits per heavy atom. The lowest BCUT2D eigenvalue weighted by molar-refractivity contribution is 0.419. The van der Waals surface area contributed by atoms with E-state index >= 15 is 0 Å². The number of fused-ring (bicyclic) bond motifs is 1. The highest BCUT2D eigenvalue weighted by Crippen LogP contribution is 2.34. The standard InChI is InChI=1S/C12H15ClN2O/c1-14-6-8-7-15(2)12-9(13)4-5-10(16-3)11(8)12/h4-5,7,14H,6H2,1-3H3. The average Bonchev–Trinajstić information content (AvgIpc) is 2.59. The number of nitrogens with zero attached hydrogens (tertiary/aromatic N) is 1. The normalized spacial score (nSPS) is 11.0. The van der Waals surface area contributed by atoms with Gasteiger partial charge in [-0.25, -0.2) is 0 Å². The molecule has 0 saturated heterocycles. The van der Waals surface area contributed by atoms with Gasteiger partial charge in [0, 0.05) is 25.2 Å². The molecular weight excluding hydrogens is 224 g/mol. The van der Waals surface area contributed by atoms with Crippen LogP contribution in [0.4, 0.5) is 0 Å². The summed E-state index contributed by atoms with van der Waals surface area (Å²) in [6.07, 6.45) is 2.08. The van der Waals surface area contributed by atoms with Crippen molar-refractivity contribution in [2.45, 2.75) is 6.54 Å². The summed E-state index contributed by atoms with van der Waals surface area (Å²) in [5, 5.41) is 4.99. The van der Waals surface area contributed by atoms with Crippen molar-refractivity contribution in [3.05, 3.63) is 28.9 Å². The van der Waals surface area contributed by atoms with Crippen molar-refractivity contribution < 1.29 is 4.74 Å². The zero-order chi connectivity index (χ0) is 11.7. The van der Waals surface area contributed by atoms with Gasteiger partial charge >= 0.3 is 0 Å². The van der Waals surface area contributed by atoms with Gasteiger partial charge in [0.1, 0.15) is 5.75 Å². The number of hydrogen-bond donors (Lipinski definition) is 1. The number of nitrogens with one attached hydrogen (secondary N) is 1. The summed E-state index contributed by atoms with van der Waals surface area (Å²) >= 11 is 6.21. The van der Waals surface area contributed by atoms with E-state index in [1.165, 1.54) is 5.56 Å². The molecule has 1 heterocycles. The van der Waals surface area contributed by atoms with Crippen molar-refractivity contribution in [1.29, 1.82) is 0 Å². The van der Waals surface area contributed by atoms with Crippen LogP contribution in [0, 0.1) is 0 Å². The number of aryl methyl sites for hydroxylation is 1. The van der Waals surface area contributed by atoms with Crippen LogP contribution in [0.25, 0.3) is 10.9 Å². The van der Waals surface area contributed by atoms with Gasteiger partial charge < -0.3 is 14.6 Å². The Labute approximate surface area is 100.0 Å². The van der Waals surface area contributed by atoms with Crippen LogP contribution in [0.3, 0.4) is 0 Å². The van der Waals surface area contributed by atoms with Crippen molar-refractivity contribution in [2.24, 2.45) is 7.05 Å². The summed E-state index contributed by atoms with van der Waals surface area (Å²) in [5.74, 6) is 0.866. The Kier molecular flexibility index (Phi) is 3.08. The first-order valence-corrected chi connectivity index (χ1v) is 5.51. The van der Waals surface area contributed by atoms with Crippen LogP contribution in [-0.2, 0) is 13.6 Å². The number of halogens is 1. The lowest BCUT2D eigenvalue weighted by Gasteiger charge is -2.06. The van der Waals surface area contributed by atoms with Crippen LogP contribution in [0.2, 0.25) is 5.02 Å². The van der Waals surface area contributed by atoms with E-state index in [2.05, 4.69) is 11.5 Å². The van der Waals surface area contributed by atoms with E-state index in [1.54, 1.807) is 7.11 Å². The first kappa shape index (κ1) is 11.3. The van der Waals surface area contributed by atoms with E-state index in [1.807, 2.05) is 30.8 Å². The summed E-state index contributed by atoms with van der Waals surface area (Å²) in [6, 6.07) is 3.77. The van der Waals surface area contributed by atoms with E-state index in [4.69, 9.17) is 16.3 Å². The minimum atomic E-state index is 0.751. The van der Waals surface area contributed by atoms with Gasteiger partial charge in [-0.2, -0.15) is 0 Å². The van der Waals surface area contributed by atoms with Crippen LogP contribution in [0.15, 0.2) is 18.3 Å². The minimum Gasteiger partial charge on any atom is -0.496 e. The first-order valence-electron chi connectivity index (χ1n) is 5.14. The molecule has 4 heteroatoms. The summed E-state index contributed by atoms with van der Waals surface area (Å²) < 4.78 is 7.42. The zero-order valence-electron chi connectivity index (χ0n) is 9.67. The van der Waals surface area contributed by atoms with E-state index in [0.717, 1.165) is 28.2 Å². The highest BCUT2D eigenvalue weighted by molar-refractivity contribution is 6.35. The number of benzene rings is 1. The number of rotatable bonds is 3. The molecule has 0 saturated carbocycles. The molecule has 1 N–H and O–H groups in total. The van der Waals surface area contributed by atoms with Gasteiger partial charge in [-0.3, -0.25) is 0 Å². The molecule has 0 amide bonds. The number of methoxy groups -OCH3 is 1. The van der Waals surface area contributed by atoms with Crippen LogP contribution >= 0.6 is 11.6 Å². The average molecular weight is 239 g/mol. The van der Waals surface area contributed by atoms with Gasteiger partial charge in [0.25, 0.3) is 0 Å². The van der Waals surface area contributed by atoms with E-state index in [9.17, 15) is 0 Å². The van der Waals surface area contributed by atoms with E-state index < -0.39 is 0 Å². The summed E-state index contributed by atoms with van der Waals surface area (Å²) in [5.41, 5.74) is 2.21. The highest BCUT2D eigenvalue weighted by atomic mass is 35.5. The lowest BCUT2D eigenvalue weighted by atomic mass is 10.1. The molecule has 0 aliphatic heterocycles. The molecular formula is C12H15ClN2O. The summed E-state index contributed by atoms with van der Waals surface area (Å²) in [6.45, 7) is 0.800. The minimum absolute atomic E-state index is 0.751. The van der Waals surface area contributed by atoms with Crippen molar-refractivity contribution in [2.75, 3.05) is 14.2 Å². The molecule has 1 aromatic carbocycles. The van der Waals surface area contributed by atoms with Crippen LogP contribution in [0.5, 0.6) is 5.75 Å². The maximum atomic E-state index is 6.21. The molecule has 86 valence electrons. The molecule has 0 fully saturated rings. The number of hydrogen-bond acceptors (Lipinski definition) is 2. The first-order chi connectivity index (χ1) is 7.69. The number of ether oxygens (including phenoxy) is 1. The molecule has 2 aromatic rings. The second-order valence-corrected chi connectivity index (χ2v) is 4.18. The Morgan fingerprint density at radius 3 is 2.81 bits per heavy atom. The third kappa shape index (κ3) is 1.66. The predicted octanol–water partition coefficient (Wildman–Crippen LogP) is 2.56. The monoisotopic (exact) mass is 238 g/mol. The van der Waals surface area contributed by atoms with E-state index in [0.29, 0.717) is 0 Å². The third-order valence-electron chi connectivity index (χ3n) is 2.70. The Morgan fingerprint density at radius 1 is 1.44 bits per heavy atom. The molecule has 0 radical (unpaired) electrons. The fraction of sp³-hybridized carbons (Fsp3) is 0.333. The summed E-state index contributed by atoms with van der Waals surface area (Å²) in [4.78, 5) is 0. The maximum Gasteiger partial charge on any atom is 0.128 e. The number of aromatic nitrogens is 1. The molecule has 16 heavy (non-hydrogen) atoms. The fourth-order valence-electron chi connectivity index (χ4n) is 2.06. The molecule has 3 nitrogen and oxygen atoms in total. The van der Waals surface area contributed by atoms with Gasteiger partial charge in [0.15, 0.2) is 0 Å². The van der Waals surface area contributed by atoms with Crippen LogP contribution in [0.1, 0.15) is 5.56 Å². The largest absolute Gasteiger partial charge is 0.496 e. The second-order valence-electron chi connectivity index (χ2n) is 3.77. The van der Waals surface area contributed by atoms with Gasteiger partial charge in [-0.1, -0.05) is 11.6 Å². The second kappa shape index (κ2) is 4.36. The highest BCUT2D eigenvalue weighted by Gasteiger charge is 2.13. The van der Waals surface area contributed by atoms with Crippen molar-refractivity contribution in [1.82, 2.24) is 9.88 Å². The molecule has 2 rings (SSSR count). The van der Waals surface area contributed by atoms with Crippen LogP contribution < -0.4 is 10.1 Å². The molecule has 0 atom stereocenters. The smallest absolute Gasteiger partial charge is 0.128 e. The Hall–Kier alpha value is -1.19. The fourth-order valence-corrected chi connectivity index (χ4v) is 2.35. The summed E-state index contributed by atoms with van der Waals surface area (Å²) in [7, 11) is 5.60. The molecule has 0 spiro atoms. The zero-order valence-corrected chi connectivity index (χ0v) is 10.4. The molecule has 0 aliphatic carbocycles. The molecule has 0 unspecified atom stereocenters. The SMILES string of the molecule is CNCc1cn(C)c2c(Cl)ccc(OC)c12. The van der Waals surface area contributed by atoms with E-state index in [-0.39, 0.29) is 0 Å².